The van der Waals surface area contributed by atoms with E-state index in [1.54, 1.807) is 0 Å². The molecule has 1 saturated carbocycles. The molecule has 1 aliphatic rings. The number of nitrogens with two attached hydrogens (primary N) is 1. The summed E-state index contributed by atoms with van der Waals surface area (Å²) in [7, 11) is 0. The maximum absolute atomic E-state index is 8.36. The standard InChI is InChI=1S/C8H17N3O/c1-2-6(5-8(9)11-12)10-7-3-4-7/h6-7,10,12H,2-5H2,1H3,(H2,9,11). The van der Waals surface area contributed by atoms with E-state index in [1.807, 2.05) is 0 Å². The molecule has 0 aromatic rings. The van der Waals surface area contributed by atoms with Crippen LogP contribution in [-0.2, 0) is 0 Å². The molecule has 0 spiro atoms. The van der Waals surface area contributed by atoms with Gasteiger partial charge < -0.3 is 16.3 Å². The highest BCUT2D eigenvalue weighted by molar-refractivity contribution is 5.80. The molecule has 1 atom stereocenters. The summed E-state index contributed by atoms with van der Waals surface area (Å²) in [5, 5.41) is 14.8. The maximum Gasteiger partial charge on any atom is 0.140 e. The molecular weight excluding hydrogens is 154 g/mol. The predicted octanol–water partition coefficient (Wildman–Crippen LogP) is 0.654. The van der Waals surface area contributed by atoms with Gasteiger partial charge in [0.05, 0.1) is 0 Å². The Bertz CT molecular complexity index is 166. The second kappa shape index (κ2) is 4.30. The molecule has 0 aromatic carbocycles. The van der Waals surface area contributed by atoms with E-state index in [0.717, 1.165) is 6.42 Å². The van der Waals surface area contributed by atoms with Crippen molar-refractivity contribution in [3.8, 4) is 0 Å². The molecule has 0 aliphatic heterocycles. The van der Waals surface area contributed by atoms with Gasteiger partial charge in [-0.25, -0.2) is 0 Å². The molecule has 0 amide bonds. The third-order valence-corrected chi connectivity index (χ3v) is 2.13. The van der Waals surface area contributed by atoms with Crippen molar-refractivity contribution in [3.63, 3.8) is 0 Å². The second-order valence-corrected chi connectivity index (χ2v) is 3.34. The summed E-state index contributed by atoms with van der Waals surface area (Å²) >= 11 is 0. The van der Waals surface area contributed by atoms with Gasteiger partial charge in [-0.3, -0.25) is 0 Å². The summed E-state index contributed by atoms with van der Waals surface area (Å²) in [6.07, 6.45) is 4.20. The predicted molar refractivity (Wildman–Crippen MR) is 48.3 cm³/mol. The first kappa shape index (κ1) is 9.32. The lowest BCUT2D eigenvalue weighted by Gasteiger charge is -2.14. The van der Waals surface area contributed by atoms with Crippen LogP contribution in [-0.4, -0.2) is 23.1 Å². The fourth-order valence-electron chi connectivity index (χ4n) is 1.20. The SMILES string of the molecule is CCC(CC(N)=NO)NC1CC1. The molecule has 0 bridgehead atoms. The van der Waals surface area contributed by atoms with Crippen LogP contribution in [0.4, 0.5) is 0 Å². The highest BCUT2D eigenvalue weighted by Gasteiger charge is 2.24. The highest BCUT2D eigenvalue weighted by atomic mass is 16.4. The van der Waals surface area contributed by atoms with Crippen LogP contribution < -0.4 is 11.1 Å². The number of hydrogen-bond donors (Lipinski definition) is 3. The van der Waals surface area contributed by atoms with E-state index in [2.05, 4.69) is 17.4 Å². The normalized spacial score (nSPS) is 20.9. The fourth-order valence-corrected chi connectivity index (χ4v) is 1.20. The van der Waals surface area contributed by atoms with Crippen molar-refractivity contribution >= 4 is 5.84 Å². The Morgan fingerprint density at radius 2 is 2.42 bits per heavy atom. The zero-order valence-electron chi connectivity index (χ0n) is 7.45. The molecule has 1 unspecified atom stereocenters. The van der Waals surface area contributed by atoms with E-state index in [0.29, 0.717) is 24.3 Å². The molecule has 12 heavy (non-hydrogen) atoms. The summed E-state index contributed by atoms with van der Waals surface area (Å²) < 4.78 is 0. The molecule has 4 N–H and O–H groups in total. The fraction of sp³-hybridized carbons (Fsp3) is 0.875. The monoisotopic (exact) mass is 171 g/mol. The van der Waals surface area contributed by atoms with E-state index in [1.165, 1.54) is 12.8 Å². The lowest BCUT2D eigenvalue weighted by molar-refractivity contribution is 0.315. The third kappa shape index (κ3) is 3.09. The molecule has 0 aromatic heterocycles. The smallest absolute Gasteiger partial charge is 0.140 e. The van der Waals surface area contributed by atoms with Gasteiger partial charge in [-0.15, -0.1) is 0 Å². The van der Waals surface area contributed by atoms with E-state index >= 15 is 0 Å². The van der Waals surface area contributed by atoms with Gasteiger partial charge in [0.25, 0.3) is 0 Å². The van der Waals surface area contributed by atoms with Crippen LogP contribution >= 0.6 is 0 Å². The Labute approximate surface area is 72.8 Å². The van der Waals surface area contributed by atoms with Gasteiger partial charge in [0, 0.05) is 18.5 Å². The Hall–Kier alpha value is -0.770. The molecule has 0 heterocycles. The van der Waals surface area contributed by atoms with E-state index in [9.17, 15) is 0 Å². The lowest BCUT2D eigenvalue weighted by atomic mass is 10.1. The molecule has 70 valence electrons. The number of nitrogens with zero attached hydrogens (tertiary/aromatic N) is 1. The van der Waals surface area contributed by atoms with Crippen molar-refractivity contribution in [2.24, 2.45) is 10.9 Å². The first-order chi connectivity index (χ1) is 5.76. The zero-order chi connectivity index (χ0) is 8.97. The van der Waals surface area contributed by atoms with Crippen LogP contribution in [0.3, 0.4) is 0 Å². The summed E-state index contributed by atoms with van der Waals surface area (Å²) in [6.45, 7) is 2.10. The molecule has 1 aliphatic carbocycles. The number of nitrogens with one attached hydrogen (secondary N) is 1. The minimum absolute atomic E-state index is 0.315. The Balaban J connectivity index is 2.23. The van der Waals surface area contributed by atoms with Crippen molar-refractivity contribution in [3.05, 3.63) is 0 Å². The number of hydrogen-bond acceptors (Lipinski definition) is 3. The topological polar surface area (TPSA) is 70.6 Å². The van der Waals surface area contributed by atoms with E-state index in [-0.39, 0.29) is 0 Å². The Kier molecular flexibility index (Phi) is 3.34. The molecule has 0 radical (unpaired) electrons. The lowest BCUT2D eigenvalue weighted by Crippen LogP contribution is -2.34. The Morgan fingerprint density at radius 3 is 2.83 bits per heavy atom. The van der Waals surface area contributed by atoms with Gasteiger partial charge in [-0.1, -0.05) is 12.1 Å². The van der Waals surface area contributed by atoms with Crippen molar-refractivity contribution in [2.75, 3.05) is 0 Å². The van der Waals surface area contributed by atoms with Crippen LogP contribution in [0.25, 0.3) is 0 Å². The largest absolute Gasteiger partial charge is 0.409 e. The van der Waals surface area contributed by atoms with Gasteiger partial charge in [0.2, 0.25) is 0 Å². The van der Waals surface area contributed by atoms with Gasteiger partial charge in [-0.05, 0) is 19.3 Å². The quantitative estimate of drug-likeness (QED) is 0.246. The Morgan fingerprint density at radius 1 is 1.75 bits per heavy atom. The summed E-state index contributed by atoms with van der Waals surface area (Å²) in [6, 6.07) is 1.05. The van der Waals surface area contributed by atoms with Crippen molar-refractivity contribution in [1.29, 1.82) is 0 Å². The summed E-state index contributed by atoms with van der Waals surface area (Å²) in [5.74, 6) is 0.315. The molecule has 0 saturated heterocycles. The highest BCUT2D eigenvalue weighted by Crippen LogP contribution is 2.20. The first-order valence-corrected chi connectivity index (χ1v) is 4.48. The van der Waals surface area contributed by atoms with Crippen molar-refractivity contribution < 1.29 is 5.21 Å². The average Bonchev–Trinajstić information content (AvgIpc) is 2.86. The van der Waals surface area contributed by atoms with Crippen molar-refractivity contribution in [2.45, 2.75) is 44.7 Å². The molecule has 1 rings (SSSR count). The van der Waals surface area contributed by atoms with Gasteiger partial charge in [0.1, 0.15) is 5.84 Å². The first-order valence-electron chi connectivity index (χ1n) is 4.48. The third-order valence-electron chi connectivity index (χ3n) is 2.13. The number of amidine groups is 1. The number of oxime groups is 1. The van der Waals surface area contributed by atoms with Gasteiger partial charge in [0.15, 0.2) is 0 Å². The summed E-state index contributed by atoms with van der Waals surface area (Å²) in [4.78, 5) is 0. The second-order valence-electron chi connectivity index (χ2n) is 3.34. The van der Waals surface area contributed by atoms with Crippen LogP contribution in [0.2, 0.25) is 0 Å². The van der Waals surface area contributed by atoms with Gasteiger partial charge in [-0.2, -0.15) is 0 Å². The minimum Gasteiger partial charge on any atom is -0.409 e. The molecule has 1 fully saturated rings. The maximum atomic E-state index is 8.36. The van der Waals surface area contributed by atoms with Crippen LogP contribution in [0.5, 0.6) is 0 Å². The minimum atomic E-state index is 0.315. The molecule has 4 heteroatoms. The zero-order valence-corrected chi connectivity index (χ0v) is 7.45. The molecular formula is C8H17N3O. The van der Waals surface area contributed by atoms with E-state index in [4.69, 9.17) is 10.9 Å². The van der Waals surface area contributed by atoms with E-state index < -0.39 is 0 Å². The number of rotatable bonds is 5. The van der Waals surface area contributed by atoms with Crippen LogP contribution in [0, 0.1) is 0 Å². The molecule has 4 nitrogen and oxygen atoms in total. The average molecular weight is 171 g/mol. The van der Waals surface area contributed by atoms with Crippen LogP contribution in [0.1, 0.15) is 32.6 Å². The van der Waals surface area contributed by atoms with Crippen LogP contribution in [0.15, 0.2) is 5.16 Å². The summed E-state index contributed by atoms with van der Waals surface area (Å²) in [5.41, 5.74) is 5.41. The van der Waals surface area contributed by atoms with Gasteiger partial charge >= 0.3 is 0 Å². The van der Waals surface area contributed by atoms with Crippen molar-refractivity contribution in [1.82, 2.24) is 5.32 Å².